The molecular formula is C28H29N7O4S. The maximum atomic E-state index is 13.1. The SMILES string of the molecule is Cc1cc(NC(=O)C(C)(C)NC(=O)c2ccc(-n3nnc4ccccc43)s2)ccc1C(=O)N1CCNC(=O)CC1. The second kappa shape index (κ2) is 10.9. The van der Waals surface area contributed by atoms with Crippen molar-refractivity contribution in [3.63, 3.8) is 0 Å². The number of para-hydroxylation sites is 1. The summed E-state index contributed by atoms with van der Waals surface area (Å²) in [5.41, 5.74) is 2.06. The van der Waals surface area contributed by atoms with E-state index in [9.17, 15) is 19.2 Å². The van der Waals surface area contributed by atoms with Crippen molar-refractivity contribution in [3.05, 3.63) is 70.6 Å². The molecule has 2 aromatic heterocycles. The fourth-order valence-electron chi connectivity index (χ4n) is 4.41. The number of nitrogens with zero attached hydrogens (tertiary/aromatic N) is 4. The first-order valence-electron chi connectivity index (χ1n) is 12.8. The van der Waals surface area contributed by atoms with Gasteiger partial charge >= 0.3 is 0 Å². The van der Waals surface area contributed by atoms with Gasteiger partial charge < -0.3 is 20.9 Å². The first-order valence-corrected chi connectivity index (χ1v) is 13.7. The molecule has 1 fully saturated rings. The highest BCUT2D eigenvalue weighted by Gasteiger charge is 2.31. The van der Waals surface area contributed by atoms with Crippen LogP contribution in [0.5, 0.6) is 0 Å². The molecule has 11 nitrogen and oxygen atoms in total. The summed E-state index contributed by atoms with van der Waals surface area (Å²) in [5.74, 6) is -1.02. The van der Waals surface area contributed by atoms with Crippen molar-refractivity contribution in [2.75, 3.05) is 25.0 Å². The lowest BCUT2D eigenvalue weighted by Gasteiger charge is -2.25. The Hall–Kier alpha value is -4.58. The average molecular weight is 560 g/mol. The quantitative estimate of drug-likeness (QED) is 0.332. The third-order valence-electron chi connectivity index (χ3n) is 6.68. The fraction of sp³-hybridized carbons (Fsp3) is 0.286. The lowest BCUT2D eigenvalue weighted by atomic mass is 10.0. The number of hydrogen-bond donors (Lipinski definition) is 3. The molecule has 206 valence electrons. The van der Waals surface area contributed by atoms with E-state index in [0.29, 0.717) is 41.3 Å². The Kier molecular flexibility index (Phi) is 7.35. The van der Waals surface area contributed by atoms with Crippen molar-refractivity contribution < 1.29 is 19.2 Å². The van der Waals surface area contributed by atoms with Gasteiger partial charge in [-0.2, -0.15) is 0 Å². The fourth-order valence-corrected chi connectivity index (χ4v) is 5.27. The van der Waals surface area contributed by atoms with Crippen LogP contribution in [-0.2, 0) is 9.59 Å². The minimum Gasteiger partial charge on any atom is -0.354 e. The lowest BCUT2D eigenvalue weighted by Crippen LogP contribution is -2.52. The highest BCUT2D eigenvalue weighted by atomic mass is 32.1. The molecule has 0 unspecified atom stereocenters. The molecule has 4 amide bonds. The number of aromatic nitrogens is 3. The van der Waals surface area contributed by atoms with Crippen LogP contribution in [0.3, 0.4) is 0 Å². The van der Waals surface area contributed by atoms with Crippen LogP contribution in [0.4, 0.5) is 5.69 Å². The van der Waals surface area contributed by atoms with Gasteiger partial charge in [0.25, 0.3) is 11.8 Å². The van der Waals surface area contributed by atoms with Crippen molar-refractivity contribution in [2.24, 2.45) is 0 Å². The zero-order valence-corrected chi connectivity index (χ0v) is 23.2. The van der Waals surface area contributed by atoms with Gasteiger partial charge in [0.1, 0.15) is 16.1 Å². The van der Waals surface area contributed by atoms with Gasteiger partial charge in [0.15, 0.2) is 0 Å². The van der Waals surface area contributed by atoms with E-state index in [4.69, 9.17) is 0 Å². The molecule has 5 rings (SSSR count). The summed E-state index contributed by atoms with van der Waals surface area (Å²) in [5, 5.41) is 17.5. The molecule has 40 heavy (non-hydrogen) atoms. The maximum Gasteiger partial charge on any atom is 0.262 e. The van der Waals surface area contributed by atoms with E-state index in [1.165, 1.54) is 11.3 Å². The minimum absolute atomic E-state index is 0.0665. The molecule has 1 aliphatic rings. The molecule has 0 radical (unpaired) electrons. The van der Waals surface area contributed by atoms with Gasteiger partial charge in [0.2, 0.25) is 11.8 Å². The number of rotatable bonds is 6. The van der Waals surface area contributed by atoms with Crippen LogP contribution in [0.1, 0.15) is 45.9 Å². The standard InChI is InChI=1S/C28H29N7O4S/c1-17-16-18(8-9-19(17)26(38)34-14-12-23(36)29-13-15-34)30-27(39)28(2,3)31-25(37)22-10-11-24(40-22)35-21-7-5-4-6-20(21)32-33-35/h4-11,16H,12-15H2,1-3H3,(H,29,36)(H,30,39)(H,31,37). The van der Waals surface area contributed by atoms with E-state index in [2.05, 4.69) is 26.3 Å². The molecule has 0 saturated carbocycles. The van der Waals surface area contributed by atoms with Crippen LogP contribution < -0.4 is 16.0 Å². The topological polar surface area (TPSA) is 138 Å². The highest BCUT2D eigenvalue weighted by Crippen LogP contribution is 2.25. The normalized spacial score (nSPS) is 14.0. The largest absolute Gasteiger partial charge is 0.354 e. The summed E-state index contributed by atoms with van der Waals surface area (Å²) >= 11 is 1.25. The average Bonchev–Trinajstić information content (AvgIpc) is 3.52. The summed E-state index contributed by atoms with van der Waals surface area (Å²) in [7, 11) is 0. The van der Waals surface area contributed by atoms with E-state index in [-0.39, 0.29) is 24.1 Å². The summed E-state index contributed by atoms with van der Waals surface area (Å²) in [4.78, 5) is 52.9. The van der Waals surface area contributed by atoms with Gasteiger partial charge in [-0.15, -0.1) is 16.4 Å². The number of carbonyl (C=O) groups excluding carboxylic acids is 4. The molecule has 0 atom stereocenters. The smallest absolute Gasteiger partial charge is 0.262 e. The molecule has 1 aliphatic heterocycles. The lowest BCUT2D eigenvalue weighted by molar-refractivity contribution is -0.121. The first kappa shape index (κ1) is 27.0. The Morgan fingerprint density at radius 1 is 1.05 bits per heavy atom. The monoisotopic (exact) mass is 559 g/mol. The van der Waals surface area contributed by atoms with Gasteiger partial charge in [-0.05, 0) is 68.8 Å². The zero-order chi connectivity index (χ0) is 28.4. The van der Waals surface area contributed by atoms with Crippen LogP contribution >= 0.6 is 11.3 Å². The predicted molar refractivity (Wildman–Crippen MR) is 152 cm³/mol. The number of hydrogen-bond acceptors (Lipinski definition) is 7. The Morgan fingerprint density at radius 2 is 1.85 bits per heavy atom. The minimum atomic E-state index is -1.23. The molecule has 3 N–H and O–H groups in total. The van der Waals surface area contributed by atoms with E-state index in [1.807, 2.05) is 24.3 Å². The molecular weight excluding hydrogens is 530 g/mol. The van der Waals surface area contributed by atoms with Crippen molar-refractivity contribution in [3.8, 4) is 5.00 Å². The molecule has 3 heterocycles. The van der Waals surface area contributed by atoms with E-state index >= 15 is 0 Å². The van der Waals surface area contributed by atoms with Crippen molar-refractivity contribution >= 4 is 51.7 Å². The number of thiophene rings is 1. The molecule has 0 spiro atoms. The van der Waals surface area contributed by atoms with Gasteiger partial charge in [-0.3, -0.25) is 19.2 Å². The van der Waals surface area contributed by atoms with Crippen LogP contribution in [-0.4, -0.2) is 68.7 Å². The number of amides is 4. The van der Waals surface area contributed by atoms with Gasteiger partial charge in [-0.25, -0.2) is 4.68 Å². The third-order valence-corrected chi connectivity index (χ3v) is 7.74. The van der Waals surface area contributed by atoms with Crippen molar-refractivity contribution in [1.82, 2.24) is 30.5 Å². The van der Waals surface area contributed by atoms with Crippen LogP contribution in [0, 0.1) is 6.92 Å². The van der Waals surface area contributed by atoms with Gasteiger partial charge in [0.05, 0.1) is 10.4 Å². The number of benzene rings is 2. The molecule has 4 aromatic rings. The Labute approximate surface area is 234 Å². The van der Waals surface area contributed by atoms with E-state index in [0.717, 1.165) is 16.0 Å². The Balaban J connectivity index is 1.23. The summed E-state index contributed by atoms with van der Waals surface area (Å²) in [6.45, 7) is 6.26. The molecule has 1 saturated heterocycles. The van der Waals surface area contributed by atoms with Gasteiger partial charge in [-0.1, -0.05) is 17.3 Å². The Bertz CT molecular complexity index is 1620. The summed E-state index contributed by atoms with van der Waals surface area (Å²) in [6, 6.07) is 16.1. The number of anilines is 1. The maximum absolute atomic E-state index is 13.1. The third kappa shape index (κ3) is 5.57. The number of nitrogens with one attached hydrogen (secondary N) is 3. The van der Waals surface area contributed by atoms with Crippen molar-refractivity contribution in [2.45, 2.75) is 32.7 Å². The Morgan fingerprint density at radius 3 is 2.65 bits per heavy atom. The van der Waals surface area contributed by atoms with Crippen LogP contribution in [0.15, 0.2) is 54.6 Å². The van der Waals surface area contributed by atoms with Crippen molar-refractivity contribution in [1.29, 1.82) is 0 Å². The van der Waals surface area contributed by atoms with E-state index < -0.39 is 11.4 Å². The summed E-state index contributed by atoms with van der Waals surface area (Å²) in [6.07, 6.45) is 0.268. The van der Waals surface area contributed by atoms with Crippen LogP contribution in [0.25, 0.3) is 16.0 Å². The number of fused-ring (bicyclic) bond motifs is 1. The molecule has 2 aromatic carbocycles. The number of carbonyl (C=O) groups is 4. The second-order valence-electron chi connectivity index (χ2n) is 10.1. The predicted octanol–water partition coefficient (Wildman–Crippen LogP) is 2.90. The molecule has 0 bridgehead atoms. The zero-order valence-electron chi connectivity index (χ0n) is 22.4. The molecule has 12 heteroatoms. The second-order valence-corrected chi connectivity index (χ2v) is 11.1. The molecule has 0 aliphatic carbocycles. The first-order chi connectivity index (χ1) is 19.1. The summed E-state index contributed by atoms with van der Waals surface area (Å²) < 4.78 is 1.68. The number of aryl methyl sites for hydroxylation is 1. The van der Waals surface area contributed by atoms with Crippen LogP contribution in [0.2, 0.25) is 0 Å². The van der Waals surface area contributed by atoms with E-state index in [1.54, 1.807) is 60.7 Å². The highest BCUT2D eigenvalue weighted by molar-refractivity contribution is 7.16. The van der Waals surface area contributed by atoms with Gasteiger partial charge in [0, 0.05) is 37.3 Å².